The number of benzene rings is 2. The molecule has 0 saturated carbocycles. The van der Waals surface area contributed by atoms with Gasteiger partial charge >= 0.3 is 0 Å². The molecular weight excluding hydrogens is 412 g/mol. The minimum absolute atomic E-state index is 0.00378. The van der Waals surface area contributed by atoms with E-state index >= 15 is 0 Å². The zero-order valence-corrected chi connectivity index (χ0v) is 19.2. The number of nitrogens with zero attached hydrogens (tertiary/aromatic N) is 1. The Morgan fingerprint density at radius 1 is 1.13 bits per heavy atom. The molecule has 0 aliphatic carbocycles. The van der Waals surface area contributed by atoms with Gasteiger partial charge in [0.25, 0.3) is 5.91 Å². The molecule has 1 aliphatic rings. The zero-order chi connectivity index (χ0) is 22.4. The van der Waals surface area contributed by atoms with Crippen LogP contribution in [0, 0.1) is 11.8 Å². The van der Waals surface area contributed by atoms with Crippen LogP contribution in [0.2, 0.25) is 5.02 Å². The number of nitrogens with one attached hydrogen (secondary N) is 1. The van der Waals surface area contributed by atoms with E-state index in [1.807, 2.05) is 18.2 Å². The number of hydrogen-bond donors (Lipinski definition) is 1. The Labute approximate surface area is 189 Å². The minimum atomic E-state index is -0.111. The fourth-order valence-corrected chi connectivity index (χ4v) is 4.26. The molecule has 1 saturated heterocycles. The summed E-state index contributed by atoms with van der Waals surface area (Å²) in [7, 11) is 1.54. The first-order chi connectivity index (χ1) is 14.9. The zero-order valence-electron chi connectivity index (χ0n) is 18.4. The molecule has 1 fully saturated rings. The number of hydrogen-bond acceptors (Lipinski definition) is 3. The number of carbonyl (C=O) groups excluding carboxylic acids is 2. The summed E-state index contributed by atoms with van der Waals surface area (Å²) >= 11 is 6.08. The van der Waals surface area contributed by atoms with Crippen LogP contribution in [0.4, 0.5) is 0 Å². The number of ether oxygens (including phenoxy) is 1. The summed E-state index contributed by atoms with van der Waals surface area (Å²) in [4.78, 5) is 27.8. The Kier molecular flexibility index (Phi) is 7.97. The Morgan fingerprint density at radius 3 is 2.42 bits per heavy atom. The summed E-state index contributed by atoms with van der Waals surface area (Å²) in [5.74, 6) is 0.845. The van der Waals surface area contributed by atoms with Crippen molar-refractivity contribution < 1.29 is 14.3 Å². The summed E-state index contributed by atoms with van der Waals surface area (Å²) in [6.45, 7) is 5.39. The number of piperidine rings is 1. The quantitative estimate of drug-likeness (QED) is 0.648. The number of halogens is 1. The van der Waals surface area contributed by atoms with Crippen LogP contribution >= 0.6 is 11.6 Å². The predicted molar refractivity (Wildman–Crippen MR) is 123 cm³/mol. The summed E-state index contributed by atoms with van der Waals surface area (Å²) < 4.78 is 5.32. The third-order valence-corrected chi connectivity index (χ3v) is 6.01. The van der Waals surface area contributed by atoms with Gasteiger partial charge in [0, 0.05) is 24.0 Å². The van der Waals surface area contributed by atoms with Gasteiger partial charge in [-0.3, -0.25) is 9.59 Å². The first kappa shape index (κ1) is 23.1. The lowest BCUT2D eigenvalue weighted by atomic mass is 9.92. The maximum atomic E-state index is 13.0. The Morgan fingerprint density at radius 2 is 1.81 bits per heavy atom. The van der Waals surface area contributed by atoms with Gasteiger partial charge in [-0.15, -0.1) is 0 Å². The van der Waals surface area contributed by atoms with Crippen LogP contribution in [-0.4, -0.2) is 36.9 Å². The number of carbonyl (C=O) groups is 2. The maximum Gasteiger partial charge on any atom is 0.257 e. The van der Waals surface area contributed by atoms with Gasteiger partial charge < -0.3 is 15.0 Å². The molecule has 1 aliphatic heterocycles. The van der Waals surface area contributed by atoms with Crippen molar-refractivity contribution in [1.82, 2.24) is 10.2 Å². The normalized spacial score (nSPS) is 15.6. The lowest BCUT2D eigenvalue weighted by Crippen LogP contribution is -2.44. The van der Waals surface area contributed by atoms with E-state index in [1.165, 1.54) is 7.11 Å². The molecule has 166 valence electrons. The Balaban J connectivity index is 1.61. The topological polar surface area (TPSA) is 58.6 Å². The average molecular weight is 443 g/mol. The Bertz CT molecular complexity index is 893. The third-order valence-electron chi connectivity index (χ3n) is 5.77. The highest BCUT2D eigenvalue weighted by Crippen LogP contribution is 2.27. The van der Waals surface area contributed by atoms with Crippen LogP contribution in [0.3, 0.4) is 0 Å². The number of likely N-dealkylation sites (tertiary alicyclic amines) is 1. The molecule has 0 aromatic heterocycles. The van der Waals surface area contributed by atoms with E-state index in [-0.39, 0.29) is 23.8 Å². The van der Waals surface area contributed by atoms with Crippen LogP contribution < -0.4 is 10.1 Å². The second kappa shape index (κ2) is 10.7. The van der Waals surface area contributed by atoms with Crippen molar-refractivity contribution in [2.45, 2.75) is 39.2 Å². The summed E-state index contributed by atoms with van der Waals surface area (Å²) in [5.41, 5.74) is 1.59. The molecule has 2 aromatic carbocycles. The number of rotatable bonds is 7. The van der Waals surface area contributed by atoms with Gasteiger partial charge in [0.15, 0.2) is 0 Å². The molecule has 1 atom stereocenters. The van der Waals surface area contributed by atoms with E-state index in [0.717, 1.165) is 12.0 Å². The van der Waals surface area contributed by atoms with E-state index in [9.17, 15) is 9.59 Å². The van der Waals surface area contributed by atoms with Crippen molar-refractivity contribution in [3.8, 4) is 5.75 Å². The number of amides is 2. The van der Waals surface area contributed by atoms with Gasteiger partial charge in [-0.05, 0) is 48.9 Å². The van der Waals surface area contributed by atoms with Gasteiger partial charge in [0.2, 0.25) is 5.91 Å². The first-order valence-electron chi connectivity index (χ1n) is 10.9. The largest absolute Gasteiger partial charge is 0.496 e. The highest BCUT2D eigenvalue weighted by Gasteiger charge is 2.30. The molecule has 2 amide bonds. The highest BCUT2D eigenvalue weighted by atomic mass is 35.5. The Hall–Kier alpha value is -2.53. The minimum Gasteiger partial charge on any atom is -0.496 e. The van der Waals surface area contributed by atoms with Crippen molar-refractivity contribution in [3.63, 3.8) is 0 Å². The standard InChI is InChI=1S/C25H31ClN2O3/c1-17(2)15-22(18-7-5-4-6-8-18)27-24(29)19-11-13-28(14-12-19)25(30)21-16-20(26)9-10-23(21)31-3/h4-10,16-17,19,22H,11-15H2,1-3H3,(H,27,29). The van der Waals surface area contributed by atoms with Crippen molar-refractivity contribution in [3.05, 3.63) is 64.7 Å². The first-order valence-corrected chi connectivity index (χ1v) is 11.2. The van der Waals surface area contributed by atoms with Gasteiger partial charge in [-0.25, -0.2) is 0 Å². The van der Waals surface area contributed by atoms with E-state index < -0.39 is 0 Å². The van der Waals surface area contributed by atoms with E-state index in [1.54, 1.807) is 23.1 Å². The van der Waals surface area contributed by atoms with Gasteiger partial charge in [0.1, 0.15) is 5.75 Å². The third kappa shape index (κ3) is 6.01. The average Bonchev–Trinajstić information content (AvgIpc) is 2.78. The second-order valence-electron chi connectivity index (χ2n) is 8.51. The van der Waals surface area contributed by atoms with E-state index in [4.69, 9.17) is 16.3 Å². The molecule has 1 N–H and O–H groups in total. The van der Waals surface area contributed by atoms with Crippen LogP contribution in [0.5, 0.6) is 5.75 Å². The van der Waals surface area contributed by atoms with Crippen molar-refractivity contribution in [2.75, 3.05) is 20.2 Å². The summed E-state index contributed by atoms with van der Waals surface area (Å²) in [6, 6.07) is 15.2. The van der Waals surface area contributed by atoms with E-state index in [0.29, 0.717) is 48.2 Å². The van der Waals surface area contributed by atoms with Gasteiger partial charge in [-0.1, -0.05) is 55.8 Å². The van der Waals surface area contributed by atoms with Gasteiger partial charge in [0.05, 0.1) is 18.7 Å². The van der Waals surface area contributed by atoms with Crippen LogP contribution in [-0.2, 0) is 4.79 Å². The van der Waals surface area contributed by atoms with Gasteiger partial charge in [-0.2, -0.15) is 0 Å². The smallest absolute Gasteiger partial charge is 0.257 e. The van der Waals surface area contributed by atoms with Crippen molar-refractivity contribution in [2.24, 2.45) is 11.8 Å². The van der Waals surface area contributed by atoms with Crippen LogP contribution in [0.1, 0.15) is 55.1 Å². The molecule has 2 aromatic rings. The van der Waals surface area contributed by atoms with Crippen molar-refractivity contribution in [1.29, 1.82) is 0 Å². The number of methoxy groups -OCH3 is 1. The van der Waals surface area contributed by atoms with Crippen LogP contribution in [0.15, 0.2) is 48.5 Å². The molecule has 0 spiro atoms. The fraction of sp³-hybridized carbons (Fsp3) is 0.440. The van der Waals surface area contributed by atoms with Crippen molar-refractivity contribution >= 4 is 23.4 Å². The molecule has 6 heteroatoms. The lowest BCUT2D eigenvalue weighted by Gasteiger charge is -2.33. The SMILES string of the molecule is COc1ccc(Cl)cc1C(=O)N1CCC(C(=O)NC(CC(C)C)c2ccccc2)CC1. The molecular formula is C25H31ClN2O3. The second-order valence-corrected chi connectivity index (χ2v) is 8.95. The summed E-state index contributed by atoms with van der Waals surface area (Å²) in [6.07, 6.45) is 2.18. The molecule has 31 heavy (non-hydrogen) atoms. The molecule has 1 unspecified atom stereocenters. The fourth-order valence-electron chi connectivity index (χ4n) is 4.09. The maximum absolute atomic E-state index is 13.0. The lowest BCUT2D eigenvalue weighted by molar-refractivity contribution is -0.127. The van der Waals surface area contributed by atoms with E-state index in [2.05, 4.69) is 31.3 Å². The monoisotopic (exact) mass is 442 g/mol. The molecule has 3 rings (SSSR count). The van der Waals surface area contributed by atoms with Crippen LogP contribution in [0.25, 0.3) is 0 Å². The predicted octanol–water partition coefficient (Wildman–Crippen LogP) is 5.10. The molecule has 1 heterocycles. The molecule has 0 bridgehead atoms. The highest BCUT2D eigenvalue weighted by molar-refractivity contribution is 6.31. The molecule has 5 nitrogen and oxygen atoms in total. The molecule has 0 radical (unpaired) electrons. The summed E-state index contributed by atoms with van der Waals surface area (Å²) in [5, 5.41) is 3.75.